The fraction of sp³-hybridized carbons (Fsp3) is 0.0625. The Balaban J connectivity index is 1.91. The molecule has 2 aromatic carbocycles. The van der Waals surface area contributed by atoms with Crippen molar-refractivity contribution in [2.45, 2.75) is 6.92 Å². The highest BCUT2D eigenvalue weighted by Crippen LogP contribution is 2.28. The van der Waals surface area contributed by atoms with Crippen LogP contribution in [0.3, 0.4) is 0 Å². The zero-order chi connectivity index (χ0) is 15.0. The Kier molecular flexibility index (Phi) is 3.78. The van der Waals surface area contributed by atoms with Gasteiger partial charge in [-0.1, -0.05) is 28.1 Å². The number of fused-ring (bicyclic) bond motifs is 1. The van der Waals surface area contributed by atoms with Crippen LogP contribution >= 0.6 is 27.3 Å². The van der Waals surface area contributed by atoms with Crippen molar-refractivity contribution in [2.75, 3.05) is 5.32 Å². The summed E-state index contributed by atoms with van der Waals surface area (Å²) in [4.78, 5) is 12.9. The summed E-state index contributed by atoms with van der Waals surface area (Å²) in [7, 11) is 0. The van der Waals surface area contributed by atoms with Gasteiger partial charge in [0.25, 0.3) is 5.91 Å². The molecule has 3 aromatic rings. The lowest BCUT2D eigenvalue weighted by atomic mass is 10.2. The second-order valence-corrected chi connectivity index (χ2v) is 6.71. The van der Waals surface area contributed by atoms with E-state index in [-0.39, 0.29) is 11.7 Å². The highest BCUT2D eigenvalue weighted by molar-refractivity contribution is 9.10. The standard InChI is InChI=1S/C16H11BrFNOS/c1-9-2-4-11(17)7-13(9)19-16(20)15-6-10-3-5-12(18)8-14(10)21-15/h2-8H,1H3,(H,19,20). The molecule has 1 heterocycles. The molecule has 0 radical (unpaired) electrons. The molecule has 1 amide bonds. The summed E-state index contributed by atoms with van der Waals surface area (Å²) < 4.78 is 14.9. The lowest BCUT2D eigenvalue weighted by molar-refractivity contribution is 0.103. The number of thiophene rings is 1. The molecule has 0 aliphatic carbocycles. The van der Waals surface area contributed by atoms with Gasteiger partial charge in [-0.25, -0.2) is 4.39 Å². The lowest BCUT2D eigenvalue weighted by Gasteiger charge is -2.07. The monoisotopic (exact) mass is 363 g/mol. The smallest absolute Gasteiger partial charge is 0.265 e. The molecule has 0 bridgehead atoms. The van der Waals surface area contributed by atoms with Crippen molar-refractivity contribution in [2.24, 2.45) is 0 Å². The van der Waals surface area contributed by atoms with Crippen LogP contribution in [0.4, 0.5) is 10.1 Å². The van der Waals surface area contributed by atoms with Crippen LogP contribution in [0.25, 0.3) is 10.1 Å². The Morgan fingerprint density at radius 1 is 1.19 bits per heavy atom. The number of rotatable bonds is 2. The summed E-state index contributed by atoms with van der Waals surface area (Å²) in [6.45, 7) is 1.93. The van der Waals surface area contributed by atoms with Gasteiger partial charge < -0.3 is 5.32 Å². The third-order valence-electron chi connectivity index (χ3n) is 3.15. The van der Waals surface area contributed by atoms with E-state index >= 15 is 0 Å². The average molecular weight is 364 g/mol. The molecule has 21 heavy (non-hydrogen) atoms. The van der Waals surface area contributed by atoms with Gasteiger partial charge in [0.05, 0.1) is 4.88 Å². The minimum Gasteiger partial charge on any atom is -0.321 e. The summed E-state index contributed by atoms with van der Waals surface area (Å²) in [6.07, 6.45) is 0. The van der Waals surface area contributed by atoms with Gasteiger partial charge in [-0.3, -0.25) is 4.79 Å². The SMILES string of the molecule is Cc1ccc(Br)cc1NC(=O)c1cc2ccc(F)cc2s1. The van der Waals surface area contributed by atoms with Gasteiger partial charge in [-0.05, 0) is 48.2 Å². The molecule has 0 aliphatic heterocycles. The van der Waals surface area contributed by atoms with E-state index in [0.717, 1.165) is 25.8 Å². The van der Waals surface area contributed by atoms with E-state index in [4.69, 9.17) is 0 Å². The molecule has 0 spiro atoms. The number of hydrogen-bond acceptors (Lipinski definition) is 2. The summed E-state index contributed by atoms with van der Waals surface area (Å²) >= 11 is 4.67. The Bertz CT molecular complexity index is 843. The van der Waals surface area contributed by atoms with Gasteiger partial charge in [0.2, 0.25) is 0 Å². The van der Waals surface area contributed by atoms with Crippen LogP contribution in [0.1, 0.15) is 15.2 Å². The highest BCUT2D eigenvalue weighted by atomic mass is 79.9. The van der Waals surface area contributed by atoms with Gasteiger partial charge in [0.1, 0.15) is 5.82 Å². The number of carbonyl (C=O) groups is 1. The number of nitrogens with one attached hydrogen (secondary N) is 1. The molecule has 3 rings (SSSR count). The fourth-order valence-corrected chi connectivity index (χ4v) is 3.37. The molecule has 2 nitrogen and oxygen atoms in total. The van der Waals surface area contributed by atoms with E-state index in [0.29, 0.717) is 4.88 Å². The second-order valence-electron chi connectivity index (χ2n) is 4.71. The molecule has 0 aliphatic rings. The average Bonchev–Trinajstić information content (AvgIpc) is 2.86. The van der Waals surface area contributed by atoms with Crippen molar-refractivity contribution in [1.82, 2.24) is 0 Å². The largest absolute Gasteiger partial charge is 0.321 e. The Morgan fingerprint density at radius 3 is 2.81 bits per heavy atom. The predicted octanol–water partition coefficient (Wildman–Crippen LogP) is 5.36. The number of amides is 1. The molecule has 0 unspecified atom stereocenters. The third-order valence-corrected chi connectivity index (χ3v) is 4.74. The quantitative estimate of drug-likeness (QED) is 0.651. The molecule has 106 valence electrons. The van der Waals surface area contributed by atoms with Crippen molar-refractivity contribution in [1.29, 1.82) is 0 Å². The Hall–Kier alpha value is -1.72. The highest BCUT2D eigenvalue weighted by Gasteiger charge is 2.12. The van der Waals surface area contributed by atoms with Crippen molar-refractivity contribution < 1.29 is 9.18 Å². The minimum absolute atomic E-state index is 0.183. The normalized spacial score (nSPS) is 10.8. The summed E-state index contributed by atoms with van der Waals surface area (Å²) in [5, 5.41) is 3.76. The molecule has 0 atom stereocenters. The van der Waals surface area contributed by atoms with E-state index in [9.17, 15) is 9.18 Å². The summed E-state index contributed by atoms with van der Waals surface area (Å²) in [5.41, 5.74) is 1.75. The minimum atomic E-state index is -0.292. The van der Waals surface area contributed by atoms with E-state index in [1.165, 1.54) is 23.5 Å². The van der Waals surface area contributed by atoms with Crippen LogP contribution in [0, 0.1) is 12.7 Å². The molecule has 0 saturated heterocycles. The fourth-order valence-electron chi connectivity index (χ4n) is 2.03. The first-order chi connectivity index (χ1) is 10.0. The van der Waals surface area contributed by atoms with E-state index in [1.807, 2.05) is 25.1 Å². The zero-order valence-corrected chi connectivity index (χ0v) is 13.5. The molecule has 5 heteroatoms. The van der Waals surface area contributed by atoms with Crippen LogP contribution < -0.4 is 5.32 Å². The van der Waals surface area contributed by atoms with Crippen LogP contribution in [-0.4, -0.2) is 5.91 Å². The first-order valence-electron chi connectivity index (χ1n) is 6.29. The number of carbonyl (C=O) groups excluding carboxylic acids is 1. The van der Waals surface area contributed by atoms with Gasteiger partial charge in [-0.2, -0.15) is 0 Å². The van der Waals surface area contributed by atoms with Crippen LogP contribution in [0.2, 0.25) is 0 Å². The Labute approximate surface area is 133 Å². The zero-order valence-electron chi connectivity index (χ0n) is 11.1. The maximum atomic E-state index is 13.2. The van der Waals surface area contributed by atoms with Crippen molar-refractivity contribution >= 4 is 48.9 Å². The third kappa shape index (κ3) is 2.99. The molecule has 1 N–H and O–H groups in total. The maximum absolute atomic E-state index is 13.2. The molecule has 1 aromatic heterocycles. The topological polar surface area (TPSA) is 29.1 Å². The summed E-state index contributed by atoms with van der Waals surface area (Å²) in [5.74, 6) is -0.475. The maximum Gasteiger partial charge on any atom is 0.265 e. The van der Waals surface area contributed by atoms with E-state index < -0.39 is 0 Å². The van der Waals surface area contributed by atoms with E-state index in [2.05, 4.69) is 21.2 Å². The van der Waals surface area contributed by atoms with Crippen molar-refractivity contribution in [3.05, 3.63) is 63.2 Å². The number of halogens is 2. The van der Waals surface area contributed by atoms with Crippen molar-refractivity contribution in [3.8, 4) is 0 Å². The van der Waals surface area contributed by atoms with Crippen LogP contribution in [-0.2, 0) is 0 Å². The summed E-state index contributed by atoms with van der Waals surface area (Å²) in [6, 6.07) is 12.0. The van der Waals surface area contributed by atoms with Crippen LogP contribution in [0.5, 0.6) is 0 Å². The first kappa shape index (κ1) is 14.2. The first-order valence-corrected chi connectivity index (χ1v) is 7.90. The van der Waals surface area contributed by atoms with E-state index in [1.54, 1.807) is 12.1 Å². The number of hydrogen-bond donors (Lipinski definition) is 1. The number of benzene rings is 2. The lowest BCUT2D eigenvalue weighted by Crippen LogP contribution is -2.11. The predicted molar refractivity (Wildman–Crippen MR) is 88.6 cm³/mol. The molecular formula is C16H11BrFNOS. The van der Waals surface area contributed by atoms with Gasteiger partial charge in [0.15, 0.2) is 0 Å². The molecule has 0 fully saturated rings. The Morgan fingerprint density at radius 2 is 2.00 bits per heavy atom. The van der Waals surface area contributed by atoms with Gasteiger partial charge in [-0.15, -0.1) is 11.3 Å². The van der Waals surface area contributed by atoms with Gasteiger partial charge >= 0.3 is 0 Å². The number of anilines is 1. The molecule has 0 saturated carbocycles. The molecular weight excluding hydrogens is 353 g/mol. The number of aryl methyl sites for hydroxylation is 1. The second kappa shape index (κ2) is 5.58. The van der Waals surface area contributed by atoms with Crippen molar-refractivity contribution in [3.63, 3.8) is 0 Å². The van der Waals surface area contributed by atoms with Gasteiger partial charge in [0, 0.05) is 14.9 Å². The van der Waals surface area contributed by atoms with Crippen LogP contribution in [0.15, 0.2) is 46.9 Å².